The van der Waals surface area contributed by atoms with Crippen LogP contribution in [0.5, 0.6) is 0 Å². The summed E-state index contributed by atoms with van der Waals surface area (Å²) in [4.78, 5) is 37.9. The summed E-state index contributed by atoms with van der Waals surface area (Å²) >= 11 is 0. The first-order valence-corrected chi connectivity index (χ1v) is 10.0. The number of carbonyl (C=O) groups is 2. The van der Waals surface area contributed by atoms with Crippen molar-refractivity contribution in [3.05, 3.63) is 12.5 Å². The Balaban J connectivity index is 2.00. The average Bonchev–Trinajstić information content (AvgIpc) is 3.17. The molecular weight excluding hydrogens is 410 g/mol. The molecule has 0 aliphatic heterocycles. The lowest BCUT2D eigenvalue weighted by atomic mass is 10.4. The summed E-state index contributed by atoms with van der Waals surface area (Å²) in [5.74, 6) is 0.523. The maximum absolute atomic E-state index is 11.6. The van der Waals surface area contributed by atoms with E-state index in [-0.39, 0.29) is 33.2 Å². The van der Waals surface area contributed by atoms with Crippen LogP contribution in [0.25, 0.3) is 11.2 Å². The van der Waals surface area contributed by atoms with Gasteiger partial charge in [0, 0.05) is 14.1 Å². The van der Waals surface area contributed by atoms with Crippen molar-refractivity contribution in [1.82, 2.24) is 19.5 Å². The molecular formula is C19H29N5O7. The van der Waals surface area contributed by atoms with Crippen molar-refractivity contribution in [1.29, 1.82) is 0 Å². The smallest absolute Gasteiger partial charge is 0.434 e. The Bertz CT molecular complexity index is 818. The van der Waals surface area contributed by atoms with Crippen LogP contribution in [0.1, 0.15) is 26.7 Å². The number of imidazole rings is 1. The molecule has 0 saturated carbocycles. The molecule has 2 heterocycles. The maximum atomic E-state index is 11.6. The summed E-state index contributed by atoms with van der Waals surface area (Å²) in [5, 5.41) is 0. The zero-order valence-electron chi connectivity index (χ0n) is 18.3. The minimum atomic E-state index is -0.819. The van der Waals surface area contributed by atoms with E-state index in [0.29, 0.717) is 30.0 Å². The number of anilines is 1. The maximum Gasteiger partial charge on any atom is 0.508 e. The number of rotatable bonds is 12. The molecule has 0 aliphatic carbocycles. The van der Waals surface area contributed by atoms with Crippen LogP contribution in [0.3, 0.4) is 0 Å². The van der Waals surface area contributed by atoms with Gasteiger partial charge in [0.05, 0.1) is 25.7 Å². The average molecular weight is 439 g/mol. The van der Waals surface area contributed by atoms with Gasteiger partial charge in [-0.05, 0) is 12.8 Å². The lowest BCUT2D eigenvalue weighted by Gasteiger charge is -2.18. The van der Waals surface area contributed by atoms with Crippen molar-refractivity contribution in [2.45, 2.75) is 39.5 Å². The molecule has 0 bridgehead atoms. The van der Waals surface area contributed by atoms with Gasteiger partial charge in [0.25, 0.3) is 0 Å². The molecule has 0 unspecified atom stereocenters. The molecule has 0 atom stereocenters. The number of ether oxygens (including phenoxy) is 5. The highest BCUT2D eigenvalue weighted by Gasteiger charge is 2.18. The van der Waals surface area contributed by atoms with E-state index in [0.717, 1.165) is 0 Å². The minimum absolute atomic E-state index is 0.0335. The second kappa shape index (κ2) is 12.5. The summed E-state index contributed by atoms with van der Waals surface area (Å²) in [6.07, 6.45) is 2.13. The normalized spacial score (nSPS) is 10.9. The van der Waals surface area contributed by atoms with Gasteiger partial charge in [-0.2, -0.15) is 4.98 Å². The minimum Gasteiger partial charge on any atom is -0.434 e. The van der Waals surface area contributed by atoms with Crippen LogP contribution >= 0.6 is 0 Å². The van der Waals surface area contributed by atoms with E-state index in [1.807, 2.05) is 27.9 Å². The van der Waals surface area contributed by atoms with E-state index in [4.69, 9.17) is 23.7 Å². The van der Waals surface area contributed by atoms with Gasteiger partial charge in [0.15, 0.2) is 5.65 Å². The Labute approximate surface area is 180 Å². The fraction of sp³-hybridized carbons (Fsp3) is 0.632. The molecule has 2 rings (SSSR count). The Morgan fingerprint density at radius 2 is 1.61 bits per heavy atom. The van der Waals surface area contributed by atoms with Crippen LogP contribution in [0, 0.1) is 0 Å². The van der Waals surface area contributed by atoms with Crippen molar-refractivity contribution in [3.63, 3.8) is 0 Å². The topological polar surface area (TPSA) is 127 Å². The van der Waals surface area contributed by atoms with Gasteiger partial charge in [-0.1, -0.05) is 13.8 Å². The van der Waals surface area contributed by atoms with E-state index in [1.54, 1.807) is 22.0 Å². The highest BCUT2D eigenvalue weighted by atomic mass is 16.7. The number of aromatic nitrogens is 4. The first-order chi connectivity index (χ1) is 14.9. The summed E-state index contributed by atoms with van der Waals surface area (Å²) in [7, 11) is 3.66. The summed E-state index contributed by atoms with van der Waals surface area (Å²) < 4.78 is 27.3. The standard InChI is InChI=1S/C19H29N5O7/c1-5-7-27-18(25)29-10-14(11-30-19(26)28-8-6-2)31-13-24-12-21-15-9-20-17(23(3)4)22-16(15)24/h9,12,14H,5-8,10-11,13H2,1-4H3. The number of hydrogen-bond acceptors (Lipinski definition) is 11. The Hall–Kier alpha value is -3.15. The van der Waals surface area contributed by atoms with E-state index >= 15 is 0 Å². The fourth-order valence-electron chi connectivity index (χ4n) is 2.26. The molecule has 0 aromatic carbocycles. The summed E-state index contributed by atoms with van der Waals surface area (Å²) in [6.45, 7) is 3.93. The third kappa shape index (κ3) is 7.89. The van der Waals surface area contributed by atoms with Crippen LogP contribution in [0.4, 0.5) is 15.5 Å². The highest BCUT2D eigenvalue weighted by Crippen LogP contribution is 2.13. The zero-order valence-corrected chi connectivity index (χ0v) is 18.3. The molecule has 0 spiro atoms. The Morgan fingerprint density at radius 1 is 1.00 bits per heavy atom. The van der Waals surface area contributed by atoms with Gasteiger partial charge in [-0.25, -0.2) is 19.6 Å². The van der Waals surface area contributed by atoms with Gasteiger partial charge in [-0.3, -0.25) is 4.57 Å². The van der Waals surface area contributed by atoms with Gasteiger partial charge < -0.3 is 28.6 Å². The predicted octanol–water partition coefficient (Wildman–Crippen LogP) is 2.36. The first-order valence-electron chi connectivity index (χ1n) is 10.0. The van der Waals surface area contributed by atoms with Crippen LogP contribution in [0.2, 0.25) is 0 Å². The van der Waals surface area contributed by atoms with Crippen LogP contribution in [0.15, 0.2) is 12.5 Å². The van der Waals surface area contributed by atoms with Gasteiger partial charge in [-0.15, -0.1) is 0 Å². The Morgan fingerprint density at radius 3 is 2.16 bits per heavy atom. The summed E-state index contributed by atoms with van der Waals surface area (Å²) in [6, 6.07) is 0. The zero-order chi connectivity index (χ0) is 22.6. The van der Waals surface area contributed by atoms with Crippen molar-refractivity contribution in [3.8, 4) is 0 Å². The van der Waals surface area contributed by atoms with Crippen molar-refractivity contribution >= 4 is 29.4 Å². The Kier molecular flexibility index (Phi) is 9.75. The van der Waals surface area contributed by atoms with Crippen LogP contribution in [-0.4, -0.2) is 78.5 Å². The van der Waals surface area contributed by atoms with Crippen LogP contribution < -0.4 is 4.90 Å². The molecule has 0 aliphatic rings. The number of carbonyl (C=O) groups excluding carboxylic acids is 2. The van der Waals surface area contributed by atoms with Crippen molar-refractivity contribution in [2.24, 2.45) is 0 Å². The molecule has 31 heavy (non-hydrogen) atoms. The van der Waals surface area contributed by atoms with Crippen molar-refractivity contribution < 1.29 is 33.3 Å². The van der Waals surface area contributed by atoms with Gasteiger partial charge in [0.2, 0.25) is 5.95 Å². The highest BCUT2D eigenvalue weighted by molar-refractivity contribution is 5.70. The van der Waals surface area contributed by atoms with Gasteiger partial charge >= 0.3 is 12.3 Å². The third-order valence-electron chi connectivity index (χ3n) is 3.82. The van der Waals surface area contributed by atoms with Gasteiger partial charge in [0.1, 0.15) is 31.6 Å². The molecule has 0 amide bonds. The summed E-state index contributed by atoms with van der Waals surface area (Å²) in [5.41, 5.74) is 1.17. The molecule has 12 heteroatoms. The fourth-order valence-corrected chi connectivity index (χ4v) is 2.26. The molecule has 172 valence electrons. The van der Waals surface area contributed by atoms with E-state index < -0.39 is 18.4 Å². The quantitative estimate of drug-likeness (QED) is 0.452. The number of nitrogens with zero attached hydrogens (tertiary/aromatic N) is 5. The lowest BCUT2D eigenvalue weighted by molar-refractivity contribution is -0.0711. The first kappa shape index (κ1) is 24.1. The number of hydrogen-bond donors (Lipinski definition) is 0. The monoisotopic (exact) mass is 439 g/mol. The second-order valence-electron chi connectivity index (χ2n) is 6.72. The second-order valence-corrected chi connectivity index (χ2v) is 6.72. The SMILES string of the molecule is CCCOC(=O)OCC(COC(=O)OCCC)OCn1cnc2cnc(N(C)C)nc21. The number of fused-ring (bicyclic) bond motifs is 1. The predicted molar refractivity (Wildman–Crippen MR) is 110 cm³/mol. The van der Waals surface area contributed by atoms with E-state index in [9.17, 15) is 9.59 Å². The largest absolute Gasteiger partial charge is 0.508 e. The molecule has 2 aromatic rings. The molecule has 0 N–H and O–H groups in total. The third-order valence-corrected chi connectivity index (χ3v) is 3.82. The molecule has 12 nitrogen and oxygen atoms in total. The molecule has 2 aromatic heterocycles. The lowest BCUT2D eigenvalue weighted by Crippen LogP contribution is -2.30. The molecule has 0 saturated heterocycles. The molecule has 0 radical (unpaired) electrons. The van der Waals surface area contributed by atoms with Crippen molar-refractivity contribution in [2.75, 3.05) is 45.4 Å². The van der Waals surface area contributed by atoms with Crippen LogP contribution in [-0.2, 0) is 30.4 Å². The van der Waals surface area contributed by atoms with E-state index in [2.05, 4.69) is 15.0 Å². The van der Waals surface area contributed by atoms with E-state index in [1.165, 1.54) is 0 Å². The molecule has 0 fully saturated rings.